The van der Waals surface area contributed by atoms with Gasteiger partial charge in [0.05, 0.1) is 24.9 Å². The number of piperidine rings is 1. The Hall–Kier alpha value is -3.13. The van der Waals surface area contributed by atoms with Crippen molar-refractivity contribution in [2.45, 2.75) is 70.3 Å². The van der Waals surface area contributed by atoms with E-state index < -0.39 is 0 Å². The Morgan fingerprint density at radius 2 is 1.74 bits per heavy atom. The van der Waals surface area contributed by atoms with E-state index >= 15 is 0 Å². The number of fused-ring (bicyclic) bond motifs is 2. The summed E-state index contributed by atoms with van der Waals surface area (Å²) in [6.45, 7) is 6.23. The fraction of sp³-hybridized carbons (Fsp3) is 0.581. The maximum atomic E-state index is 6.22. The molecule has 0 spiro atoms. The Bertz CT molecular complexity index is 1240. The predicted molar refractivity (Wildman–Crippen MR) is 156 cm³/mol. The van der Waals surface area contributed by atoms with Crippen molar-refractivity contribution >= 4 is 22.4 Å². The van der Waals surface area contributed by atoms with Gasteiger partial charge in [-0.05, 0) is 88.6 Å². The van der Waals surface area contributed by atoms with E-state index in [0.29, 0.717) is 24.3 Å². The number of anilines is 2. The fourth-order valence-electron chi connectivity index (χ4n) is 6.41. The predicted octanol–water partition coefficient (Wildman–Crippen LogP) is 5.25. The molecule has 3 aromatic rings. The molecule has 0 saturated carbocycles. The minimum Gasteiger partial charge on any atom is -0.488 e. The van der Waals surface area contributed by atoms with E-state index in [1.165, 1.54) is 62.1 Å². The lowest BCUT2D eigenvalue weighted by Crippen LogP contribution is -2.39. The highest BCUT2D eigenvalue weighted by molar-refractivity contribution is 5.91. The summed E-state index contributed by atoms with van der Waals surface area (Å²) in [6, 6.07) is 6.66. The lowest BCUT2D eigenvalue weighted by atomic mass is 10.00. The van der Waals surface area contributed by atoms with Gasteiger partial charge in [-0.25, -0.2) is 4.98 Å². The minimum absolute atomic E-state index is 0.398. The zero-order chi connectivity index (χ0) is 26.4. The molecular weight excluding hydrogens is 488 g/mol. The average molecular weight is 531 g/mol. The van der Waals surface area contributed by atoms with Gasteiger partial charge in [0.15, 0.2) is 5.75 Å². The van der Waals surface area contributed by atoms with Gasteiger partial charge in [0.2, 0.25) is 0 Å². The van der Waals surface area contributed by atoms with Crippen molar-refractivity contribution in [3.05, 3.63) is 41.9 Å². The van der Waals surface area contributed by atoms with Crippen LogP contribution in [0.3, 0.4) is 0 Å². The first-order valence-electron chi connectivity index (χ1n) is 15.0. The van der Waals surface area contributed by atoms with Gasteiger partial charge < -0.3 is 24.6 Å². The van der Waals surface area contributed by atoms with Crippen molar-refractivity contribution in [3.8, 4) is 11.6 Å². The summed E-state index contributed by atoms with van der Waals surface area (Å²) in [5.41, 5.74) is 6.81. The molecule has 0 atom stereocenters. The molecule has 6 rings (SSSR count). The summed E-state index contributed by atoms with van der Waals surface area (Å²) < 4.78 is 12.0. The highest BCUT2D eigenvalue weighted by Gasteiger charge is 2.25. The Morgan fingerprint density at radius 1 is 0.949 bits per heavy atom. The highest BCUT2D eigenvalue weighted by Crippen LogP contribution is 2.37. The molecule has 1 aliphatic carbocycles. The van der Waals surface area contributed by atoms with Crippen LogP contribution < -0.4 is 19.7 Å². The summed E-state index contributed by atoms with van der Waals surface area (Å²) in [7, 11) is 1.68. The Balaban J connectivity index is 1.23. The Kier molecular flexibility index (Phi) is 8.28. The number of ether oxygens (including phenoxy) is 2. The standard InChI is InChI=1S/C31H42N6O2/c1-38-31-28(39-21-7-18-36-16-5-6-17-36)22-27-30(35-31)29(25-8-3-2-4-9-26(25)34-27)33-23-12-19-37(20-13-23)24-10-14-32-15-11-24/h10-11,14-15,22-23H,2-9,12-13,16-21H2,1H3,(H,33,34). The van der Waals surface area contributed by atoms with Crippen molar-refractivity contribution in [1.29, 1.82) is 0 Å². The van der Waals surface area contributed by atoms with Crippen LogP contribution in [0.5, 0.6) is 11.6 Å². The monoisotopic (exact) mass is 530 g/mol. The second-order valence-electron chi connectivity index (χ2n) is 11.2. The highest BCUT2D eigenvalue weighted by atomic mass is 16.5. The third-order valence-electron chi connectivity index (χ3n) is 8.56. The van der Waals surface area contributed by atoms with Crippen LogP contribution in [-0.2, 0) is 12.8 Å². The third-order valence-corrected chi connectivity index (χ3v) is 8.56. The second kappa shape index (κ2) is 12.4. The fourth-order valence-corrected chi connectivity index (χ4v) is 6.41. The van der Waals surface area contributed by atoms with Crippen LogP contribution in [-0.4, -0.2) is 72.3 Å². The number of aryl methyl sites for hydroxylation is 1. The molecule has 5 heterocycles. The van der Waals surface area contributed by atoms with Gasteiger partial charge in [-0.1, -0.05) is 6.42 Å². The largest absolute Gasteiger partial charge is 0.488 e. The van der Waals surface area contributed by atoms with Crippen LogP contribution in [0.1, 0.15) is 62.6 Å². The van der Waals surface area contributed by atoms with Crippen LogP contribution in [0.15, 0.2) is 30.6 Å². The first kappa shape index (κ1) is 26.1. The molecule has 2 aliphatic heterocycles. The molecule has 2 saturated heterocycles. The average Bonchev–Trinajstić information content (AvgIpc) is 3.39. The van der Waals surface area contributed by atoms with Gasteiger partial charge >= 0.3 is 0 Å². The van der Waals surface area contributed by atoms with Gasteiger partial charge in [0.1, 0.15) is 5.52 Å². The van der Waals surface area contributed by atoms with Crippen LogP contribution in [0.25, 0.3) is 11.0 Å². The maximum absolute atomic E-state index is 6.22. The van der Waals surface area contributed by atoms with E-state index in [-0.39, 0.29) is 0 Å². The van der Waals surface area contributed by atoms with Crippen molar-refractivity contribution in [2.75, 3.05) is 56.7 Å². The first-order chi connectivity index (χ1) is 19.3. The van der Waals surface area contributed by atoms with Gasteiger partial charge in [-0.2, -0.15) is 0 Å². The van der Waals surface area contributed by atoms with Crippen LogP contribution in [0.2, 0.25) is 0 Å². The number of pyridine rings is 3. The lowest BCUT2D eigenvalue weighted by Gasteiger charge is -2.35. The molecule has 2 fully saturated rings. The number of hydrogen-bond acceptors (Lipinski definition) is 8. The molecule has 3 aromatic heterocycles. The number of nitrogens with zero attached hydrogens (tertiary/aromatic N) is 5. The number of rotatable bonds is 9. The number of aromatic nitrogens is 3. The van der Waals surface area contributed by atoms with Crippen molar-refractivity contribution in [1.82, 2.24) is 19.9 Å². The summed E-state index contributed by atoms with van der Waals surface area (Å²) >= 11 is 0. The normalized spacial score (nSPS) is 18.6. The molecule has 208 valence electrons. The van der Waals surface area contributed by atoms with Crippen molar-refractivity contribution in [3.63, 3.8) is 0 Å². The van der Waals surface area contributed by atoms with E-state index in [1.54, 1.807) is 7.11 Å². The van der Waals surface area contributed by atoms with E-state index in [9.17, 15) is 0 Å². The van der Waals surface area contributed by atoms with Gasteiger partial charge in [-0.3, -0.25) is 9.97 Å². The van der Waals surface area contributed by atoms with Crippen LogP contribution in [0, 0.1) is 0 Å². The summed E-state index contributed by atoms with van der Waals surface area (Å²) in [5.74, 6) is 1.25. The SMILES string of the molecule is COc1nc2c(NC3CCN(c4ccncc4)CC3)c3c(nc2cc1OCCCN1CCCC1)CCCCC3. The quantitative estimate of drug-likeness (QED) is 0.297. The summed E-state index contributed by atoms with van der Waals surface area (Å²) in [6.07, 6.45) is 15.3. The lowest BCUT2D eigenvalue weighted by molar-refractivity contribution is 0.252. The third kappa shape index (κ3) is 6.06. The molecule has 1 N–H and O–H groups in total. The van der Waals surface area contributed by atoms with E-state index in [2.05, 4.69) is 38.3 Å². The summed E-state index contributed by atoms with van der Waals surface area (Å²) in [4.78, 5) is 19.3. The van der Waals surface area contributed by atoms with Gasteiger partial charge in [-0.15, -0.1) is 0 Å². The second-order valence-corrected chi connectivity index (χ2v) is 11.2. The molecule has 0 radical (unpaired) electrons. The molecule has 0 unspecified atom stereocenters. The van der Waals surface area contributed by atoms with Gasteiger partial charge in [0.25, 0.3) is 5.88 Å². The molecule has 0 aromatic carbocycles. The molecule has 39 heavy (non-hydrogen) atoms. The number of methoxy groups -OCH3 is 1. The molecule has 0 amide bonds. The molecule has 8 heteroatoms. The van der Waals surface area contributed by atoms with Crippen LogP contribution in [0.4, 0.5) is 11.4 Å². The zero-order valence-electron chi connectivity index (χ0n) is 23.3. The minimum atomic E-state index is 0.398. The molecule has 3 aliphatic rings. The van der Waals surface area contributed by atoms with Crippen LogP contribution >= 0.6 is 0 Å². The molecule has 8 nitrogen and oxygen atoms in total. The zero-order valence-corrected chi connectivity index (χ0v) is 23.3. The molecular formula is C31H42N6O2. The molecule has 0 bridgehead atoms. The number of nitrogens with one attached hydrogen (secondary N) is 1. The van der Waals surface area contributed by atoms with E-state index in [4.69, 9.17) is 19.4 Å². The topological polar surface area (TPSA) is 75.6 Å². The number of likely N-dealkylation sites (tertiary alicyclic amines) is 1. The van der Waals surface area contributed by atoms with E-state index in [0.717, 1.165) is 68.5 Å². The van der Waals surface area contributed by atoms with Crippen molar-refractivity contribution in [2.24, 2.45) is 0 Å². The van der Waals surface area contributed by atoms with Gasteiger partial charge in [0, 0.05) is 55.5 Å². The smallest absolute Gasteiger partial charge is 0.257 e. The Labute approximate surface area is 232 Å². The maximum Gasteiger partial charge on any atom is 0.257 e. The first-order valence-corrected chi connectivity index (χ1v) is 15.0. The van der Waals surface area contributed by atoms with Crippen molar-refractivity contribution < 1.29 is 9.47 Å². The number of hydrogen-bond donors (Lipinski definition) is 1. The van der Waals surface area contributed by atoms with E-state index in [1.807, 2.05) is 12.4 Å². The Morgan fingerprint density at radius 3 is 2.54 bits per heavy atom. The summed E-state index contributed by atoms with van der Waals surface area (Å²) in [5, 5.41) is 3.96.